The molecule has 65 heavy (non-hydrogen) atoms. The lowest BCUT2D eigenvalue weighted by Crippen LogP contribution is -2.51. The molecule has 0 spiro atoms. The number of carbonyl (C=O) groups is 4. The Hall–Kier alpha value is -6.16. The highest BCUT2D eigenvalue weighted by Gasteiger charge is 2.40. The second kappa shape index (κ2) is 18.4. The van der Waals surface area contributed by atoms with Crippen LogP contribution < -0.4 is 21.3 Å². The van der Waals surface area contributed by atoms with Crippen molar-refractivity contribution in [3.05, 3.63) is 89.0 Å². The maximum atomic E-state index is 13.9. The Morgan fingerprint density at radius 1 is 0.738 bits per heavy atom. The Bertz CT molecular complexity index is 2550. The molecule has 1 unspecified atom stereocenters. The summed E-state index contributed by atoms with van der Waals surface area (Å²) in [5.74, 6) is 0.721. The number of nitrogens with one attached hydrogen (secondary N) is 4. The van der Waals surface area contributed by atoms with Gasteiger partial charge in [0.15, 0.2) is 0 Å². The Morgan fingerprint density at radius 3 is 1.83 bits per heavy atom. The Morgan fingerprint density at radius 2 is 1.28 bits per heavy atom. The topological polar surface area (TPSA) is 215 Å². The van der Waals surface area contributed by atoms with Gasteiger partial charge in [-0.25, -0.2) is 19.6 Å². The van der Waals surface area contributed by atoms with E-state index in [4.69, 9.17) is 20.4 Å². The van der Waals surface area contributed by atoms with Crippen molar-refractivity contribution < 1.29 is 29.0 Å². The van der Waals surface area contributed by atoms with Crippen molar-refractivity contribution in [2.75, 3.05) is 31.6 Å². The lowest BCUT2D eigenvalue weighted by molar-refractivity contribution is -0.136. The maximum Gasteiger partial charge on any atom is 0.407 e. The SMILES string of the molecule is COC(=O)N[C@H](C(=O)N1CCC[C@H]1c1nc2cc(C3CC[C@H](c4ccc5nc([C@@H]6CCCN6C(=O)[C@@H](NC(=O)O)C(C)C)[nH]c5c4)N3c3ccc(C(C)(C)CN)cc3)ccc2[nH]1)C(C)C. The molecule has 3 saturated heterocycles. The zero-order valence-electron chi connectivity index (χ0n) is 38.6. The lowest BCUT2D eigenvalue weighted by Gasteiger charge is -2.34. The number of alkyl carbamates (subject to hydrolysis) is 1. The van der Waals surface area contributed by atoms with E-state index in [1.807, 2.05) is 32.6 Å². The molecule has 346 valence electrons. The fourth-order valence-electron chi connectivity index (χ4n) is 10.2. The number of carboxylic acid groups (broad SMARTS) is 1. The number of aromatic amines is 2. The molecule has 5 aromatic rings. The van der Waals surface area contributed by atoms with Gasteiger partial charge in [0, 0.05) is 30.7 Å². The Kier molecular flexibility index (Phi) is 12.8. The zero-order valence-corrected chi connectivity index (χ0v) is 38.6. The number of carbonyl (C=O) groups excluding carboxylic acids is 3. The van der Waals surface area contributed by atoms with Crippen LogP contribution in [0, 0.1) is 11.8 Å². The van der Waals surface area contributed by atoms with Gasteiger partial charge in [-0.2, -0.15) is 0 Å². The minimum absolute atomic E-state index is 0.0260. The molecule has 0 radical (unpaired) electrons. The largest absolute Gasteiger partial charge is 0.465 e. The molecule has 2 aromatic heterocycles. The normalized spacial score (nSPS) is 21.2. The van der Waals surface area contributed by atoms with E-state index in [9.17, 15) is 24.3 Å². The first-order valence-electron chi connectivity index (χ1n) is 23.1. The number of H-pyrrole nitrogens is 2. The van der Waals surface area contributed by atoms with Crippen LogP contribution in [0.1, 0.15) is 133 Å². The number of benzene rings is 3. The standard InChI is InChI=1S/C49H64N10O6/c1-27(2)41(55-47(62)63)45(60)57-22-8-10-39(57)43-51-33-18-12-29(24-35(33)53-43)37-20-21-38(59(37)32-16-14-31(15-17-32)49(5,6)26-50)30-13-19-34-36(25-30)54-44(52-34)40-11-9-23-58(40)46(61)42(28(3)4)56-48(64)65-7/h12-19,24-25,27-28,37-42,55H,8-11,20-23,26,50H2,1-7H3,(H,51,53)(H,52,54)(H,56,64)(H,62,63)/t37-,38?,39+,40+,41+,42+/m1/s1. The second-order valence-electron chi connectivity index (χ2n) is 19.4. The van der Waals surface area contributed by atoms with E-state index in [0.29, 0.717) is 25.5 Å². The van der Waals surface area contributed by atoms with Crippen molar-refractivity contribution in [1.82, 2.24) is 40.4 Å². The average molecular weight is 889 g/mol. The summed E-state index contributed by atoms with van der Waals surface area (Å²) in [6.45, 7) is 13.5. The number of nitrogens with two attached hydrogens (primary N) is 1. The molecule has 3 fully saturated rings. The maximum absolute atomic E-state index is 13.9. The van der Waals surface area contributed by atoms with Crippen LogP contribution in [0.5, 0.6) is 0 Å². The summed E-state index contributed by atoms with van der Waals surface area (Å²) in [4.78, 5) is 74.7. The summed E-state index contributed by atoms with van der Waals surface area (Å²) >= 11 is 0. The molecular weight excluding hydrogens is 825 g/mol. The van der Waals surface area contributed by atoms with Crippen LogP contribution in [0.25, 0.3) is 22.1 Å². The van der Waals surface area contributed by atoms with Crippen LogP contribution in [0.4, 0.5) is 15.3 Å². The van der Waals surface area contributed by atoms with E-state index in [1.165, 1.54) is 12.7 Å². The van der Waals surface area contributed by atoms with Crippen molar-refractivity contribution in [2.24, 2.45) is 17.6 Å². The molecule has 16 heteroatoms. The third kappa shape index (κ3) is 8.96. The summed E-state index contributed by atoms with van der Waals surface area (Å²) < 4.78 is 4.83. The second-order valence-corrected chi connectivity index (χ2v) is 19.4. The van der Waals surface area contributed by atoms with Crippen molar-refractivity contribution in [3.63, 3.8) is 0 Å². The van der Waals surface area contributed by atoms with Gasteiger partial charge in [-0.1, -0.05) is 65.8 Å². The highest BCUT2D eigenvalue weighted by molar-refractivity contribution is 5.87. The number of imidazole rings is 2. The van der Waals surface area contributed by atoms with Gasteiger partial charge in [-0.3, -0.25) is 9.59 Å². The Balaban J connectivity index is 1.10. The molecule has 8 rings (SSSR count). The zero-order chi connectivity index (χ0) is 46.3. The number of likely N-dealkylation sites (tertiary alicyclic amines) is 2. The van der Waals surface area contributed by atoms with E-state index in [1.54, 1.807) is 4.90 Å². The number of hydrogen-bond acceptors (Lipinski definition) is 9. The number of nitrogens with zero attached hydrogens (tertiary/aromatic N) is 5. The smallest absolute Gasteiger partial charge is 0.407 e. The number of amides is 4. The van der Waals surface area contributed by atoms with Gasteiger partial charge < -0.3 is 50.9 Å². The third-order valence-electron chi connectivity index (χ3n) is 14.0. The molecule has 4 amide bonds. The summed E-state index contributed by atoms with van der Waals surface area (Å²) in [6.07, 6.45) is 3.07. The van der Waals surface area contributed by atoms with Gasteiger partial charge in [0.1, 0.15) is 23.7 Å². The van der Waals surface area contributed by atoms with Crippen LogP contribution in [0.3, 0.4) is 0 Å². The molecule has 3 aliphatic rings. The number of aromatic nitrogens is 4. The van der Waals surface area contributed by atoms with Crippen LogP contribution in [-0.4, -0.2) is 97.7 Å². The first kappa shape index (κ1) is 45.4. The summed E-state index contributed by atoms with van der Waals surface area (Å²) in [5.41, 5.74) is 14.0. The molecular formula is C49H64N10O6. The highest BCUT2D eigenvalue weighted by Crippen LogP contribution is 2.48. The average Bonchev–Trinajstić information content (AvgIpc) is 4.15. The van der Waals surface area contributed by atoms with Crippen LogP contribution in [0.15, 0.2) is 60.7 Å². The summed E-state index contributed by atoms with van der Waals surface area (Å²) in [7, 11) is 1.30. The molecule has 6 atom stereocenters. The molecule has 0 saturated carbocycles. The van der Waals surface area contributed by atoms with Gasteiger partial charge >= 0.3 is 12.2 Å². The van der Waals surface area contributed by atoms with E-state index in [2.05, 4.69) is 100 Å². The fraction of sp³-hybridized carbons (Fsp3) is 0.510. The monoisotopic (exact) mass is 889 g/mol. The predicted octanol–water partition coefficient (Wildman–Crippen LogP) is 7.76. The van der Waals surface area contributed by atoms with Gasteiger partial charge in [-0.05, 0) is 103 Å². The first-order chi connectivity index (χ1) is 31.1. The molecule has 0 aliphatic carbocycles. The predicted molar refractivity (Wildman–Crippen MR) is 249 cm³/mol. The van der Waals surface area contributed by atoms with Crippen molar-refractivity contribution in [1.29, 1.82) is 0 Å². The van der Waals surface area contributed by atoms with Crippen molar-refractivity contribution in [3.8, 4) is 0 Å². The summed E-state index contributed by atoms with van der Waals surface area (Å²) in [6, 6.07) is 19.6. The molecule has 7 N–H and O–H groups in total. The number of anilines is 1. The summed E-state index contributed by atoms with van der Waals surface area (Å²) in [5, 5.41) is 14.6. The number of hydrogen-bond donors (Lipinski definition) is 6. The minimum Gasteiger partial charge on any atom is -0.465 e. The minimum atomic E-state index is -1.22. The first-order valence-corrected chi connectivity index (χ1v) is 23.1. The van der Waals surface area contributed by atoms with Gasteiger partial charge in [0.05, 0.1) is 53.3 Å². The van der Waals surface area contributed by atoms with Crippen LogP contribution in [-0.2, 0) is 19.7 Å². The molecule has 0 bridgehead atoms. The van der Waals surface area contributed by atoms with Crippen LogP contribution in [0.2, 0.25) is 0 Å². The van der Waals surface area contributed by atoms with Crippen LogP contribution >= 0.6 is 0 Å². The highest BCUT2D eigenvalue weighted by atomic mass is 16.5. The molecule has 16 nitrogen and oxygen atoms in total. The van der Waals surface area contributed by atoms with Gasteiger partial charge in [-0.15, -0.1) is 0 Å². The lowest BCUT2D eigenvalue weighted by atomic mass is 9.85. The van der Waals surface area contributed by atoms with E-state index in [0.717, 1.165) is 83.2 Å². The van der Waals surface area contributed by atoms with Gasteiger partial charge in [0.2, 0.25) is 11.8 Å². The van der Waals surface area contributed by atoms with Gasteiger partial charge in [0.25, 0.3) is 0 Å². The Labute approximate surface area is 380 Å². The number of ether oxygens (including phenoxy) is 1. The number of methoxy groups -OCH3 is 1. The third-order valence-corrected chi connectivity index (χ3v) is 14.0. The number of fused-ring (bicyclic) bond motifs is 2. The molecule has 5 heterocycles. The fourth-order valence-corrected chi connectivity index (χ4v) is 10.2. The van der Waals surface area contributed by atoms with E-state index in [-0.39, 0.29) is 53.2 Å². The van der Waals surface area contributed by atoms with E-state index < -0.39 is 24.3 Å². The van der Waals surface area contributed by atoms with Crippen molar-refractivity contribution >= 4 is 51.8 Å². The quantitative estimate of drug-likeness (QED) is 0.0676. The molecule has 3 aliphatic heterocycles. The van der Waals surface area contributed by atoms with Crippen molar-refractivity contribution in [2.45, 2.75) is 122 Å². The number of rotatable bonds is 13. The molecule has 3 aromatic carbocycles. The van der Waals surface area contributed by atoms with E-state index >= 15 is 0 Å².